The van der Waals surface area contributed by atoms with Crippen molar-refractivity contribution in [3.05, 3.63) is 52.5 Å². The fraction of sp³-hybridized carbons (Fsp3) is 0.600. The van der Waals surface area contributed by atoms with Crippen LogP contribution in [-0.4, -0.2) is 101 Å². The Hall–Kier alpha value is -3.30. The van der Waals surface area contributed by atoms with E-state index in [1.807, 2.05) is 54.7 Å². The fourth-order valence-corrected chi connectivity index (χ4v) is 6.47. The van der Waals surface area contributed by atoms with Crippen LogP contribution in [0.25, 0.3) is 0 Å². The molecule has 1 saturated carbocycles. The highest BCUT2D eigenvalue weighted by Gasteiger charge is 2.34. The van der Waals surface area contributed by atoms with Gasteiger partial charge in [0.2, 0.25) is 17.7 Å². The van der Waals surface area contributed by atoms with Crippen molar-refractivity contribution in [1.82, 2.24) is 25.4 Å². The first-order chi connectivity index (χ1) is 22.1. The predicted octanol–water partition coefficient (Wildman–Crippen LogP) is 2.64. The van der Waals surface area contributed by atoms with E-state index in [4.69, 9.17) is 6.42 Å². The van der Waals surface area contributed by atoms with Crippen LogP contribution in [0.15, 0.2) is 41.2 Å². The number of aromatic nitrogens is 1. The third-order valence-electron chi connectivity index (χ3n) is 8.73. The molecule has 1 aromatic heterocycles. The number of terminal acetylenes is 1. The van der Waals surface area contributed by atoms with Crippen LogP contribution in [0.4, 0.5) is 0 Å². The molecule has 3 rings (SSSR count). The molecule has 4 N–H and O–H groups in total. The van der Waals surface area contributed by atoms with E-state index in [1.165, 1.54) is 11.3 Å². The Morgan fingerprint density at radius 3 is 2.37 bits per heavy atom. The van der Waals surface area contributed by atoms with Crippen LogP contribution < -0.4 is 10.6 Å². The fourth-order valence-electron chi connectivity index (χ4n) is 5.90. The first-order valence-corrected chi connectivity index (χ1v) is 17.2. The molecular formula is C35H51N5O5S. The van der Waals surface area contributed by atoms with Crippen molar-refractivity contribution in [3.63, 3.8) is 0 Å². The van der Waals surface area contributed by atoms with Crippen molar-refractivity contribution in [2.45, 2.75) is 88.5 Å². The monoisotopic (exact) mass is 653 g/mol. The molecule has 5 atom stereocenters. The molecule has 3 amide bonds. The van der Waals surface area contributed by atoms with E-state index >= 15 is 0 Å². The minimum absolute atomic E-state index is 0.0169. The summed E-state index contributed by atoms with van der Waals surface area (Å²) in [5.41, 5.74) is 3.21. The molecule has 0 spiro atoms. The van der Waals surface area contributed by atoms with Crippen LogP contribution in [0.1, 0.15) is 62.6 Å². The quantitative estimate of drug-likeness (QED) is 0.182. The van der Waals surface area contributed by atoms with Gasteiger partial charge >= 0.3 is 0 Å². The number of carbonyl (C=O) groups is 3. The Labute approximate surface area is 278 Å². The summed E-state index contributed by atoms with van der Waals surface area (Å²) < 4.78 is 0. The van der Waals surface area contributed by atoms with Crippen molar-refractivity contribution in [1.29, 1.82) is 0 Å². The summed E-state index contributed by atoms with van der Waals surface area (Å²) >= 11 is 1.39. The Bertz CT molecular complexity index is 1250. The lowest BCUT2D eigenvalue weighted by Crippen LogP contribution is -2.56. The van der Waals surface area contributed by atoms with Gasteiger partial charge < -0.3 is 30.6 Å². The molecule has 1 heterocycles. The van der Waals surface area contributed by atoms with E-state index in [9.17, 15) is 24.6 Å². The first-order valence-electron chi connectivity index (χ1n) is 16.3. The van der Waals surface area contributed by atoms with E-state index in [0.717, 1.165) is 37.7 Å². The third-order valence-corrected chi connectivity index (χ3v) is 9.36. The molecule has 252 valence electrons. The lowest BCUT2D eigenvalue weighted by Gasteiger charge is -2.33. The maximum atomic E-state index is 13.9. The van der Waals surface area contributed by atoms with Gasteiger partial charge in [-0.15, -0.1) is 23.7 Å². The summed E-state index contributed by atoms with van der Waals surface area (Å²) in [4.78, 5) is 49.1. The van der Waals surface area contributed by atoms with Gasteiger partial charge in [-0.05, 0) is 38.4 Å². The Morgan fingerprint density at radius 2 is 1.74 bits per heavy atom. The molecule has 0 bridgehead atoms. The maximum absolute atomic E-state index is 13.9. The highest BCUT2D eigenvalue weighted by Crippen LogP contribution is 2.29. The molecule has 0 radical (unpaired) electrons. The number of amides is 3. The van der Waals surface area contributed by atoms with Gasteiger partial charge in [0.05, 0.1) is 29.3 Å². The molecule has 1 aromatic carbocycles. The van der Waals surface area contributed by atoms with E-state index in [1.54, 1.807) is 17.5 Å². The molecular weight excluding hydrogens is 602 g/mol. The number of rotatable bonds is 18. The van der Waals surface area contributed by atoms with Gasteiger partial charge in [-0.1, -0.05) is 62.4 Å². The minimum Gasteiger partial charge on any atom is -0.389 e. The number of benzene rings is 1. The van der Waals surface area contributed by atoms with Gasteiger partial charge in [-0.2, -0.15) is 0 Å². The molecule has 46 heavy (non-hydrogen) atoms. The summed E-state index contributed by atoms with van der Waals surface area (Å²) in [6.07, 6.45) is 9.15. The number of thiazole rings is 1. The summed E-state index contributed by atoms with van der Waals surface area (Å²) in [5, 5.41) is 29.4. The Morgan fingerprint density at radius 1 is 1.02 bits per heavy atom. The summed E-state index contributed by atoms with van der Waals surface area (Å²) in [7, 11) is 5.60. The lowest BCUT2D eigenvalue weighted by molar-refractivity contribution is -0.137. The van der Waals surface area contributed by atoms with Crippen LogP contribution in [0, 0.1) is 24.2 Å². The van der Waals surface area contributed by atoms with Crippen LogP contribution in [0.2, 0.25) is 0 Å². The standard InChI is InChI=1S/C35H51N5O5S/c1-5-12-31(41)33(43)29(20-26-15-10-7-11-16-26)37-35(45)30(22-28-23-46-24-36-28)38-34(44)27(19-25-13-8-6-9-14-25)21-32(42)40(4)18-17-39(2)3/h1,6,8-9,13-14,23-24,26-27,29-31,33,41,43H,7,10-12,15-22H2,2-4H3,(H,37,45)(H,38,44)/t27-,29-,30+,31+,33-/m0/s1. The smallest absolute Gasteiger partial charge is 0.243 e. The topological polar surface area (TPSA) is 135 Å². The van der Waals surface area contributed by atoms with Crippen molar-refractivity contribution in [2.75, 3.05) is 34.2 Å². The molecule has 0 aliphatic heterocycles. The average Bonchev–Trinajstić information content (AvgIpc) is 3.56. The third kappa shape index (κ3) is 12.5. The second-order valence-electron chi connectivity index (χ2n) is 12.8. The zero-order valence-electron chi connectivity index (χ0n) is 27.4. The minimum atomic E-state index is -1.27. The van der Waals surface area contributed by atoms with Gasteiger partial charge in [-0.3, -0.25) is 14.4 Å². The van der Waals surface area contributed by atoms with E-state index in [0.29, 0.717) is 37.5 Å². The normalized spacial score (nSPS) is 16.9. The van der Waals surface area contributed by atoms with Gasteiger partial charge in [0.25, 0.3) is 0 Å². The van der Waals surface area contributed by atoms with Crippen molar-refractivity contribution >= 4 is 29.1 Å². The molecule has 11 heteroatoms. The van der Waals surface area contributed by atoms with E-state index in [2.05, 4.69) is 21.5 Å². The number of aliphatic hydroxyl groups excluding tert-OH is 2. The van der Waals surface area contributed by atoms with Crippen LogP contribution in [-0.2, 0) is 27.2 Å². The molecule has 1 aliphatic carbocycles. The molecule has 10 nitrogen and oxygen atoms in total. The van der Waals surface area contributed by atoms with Crippen LogP contribution in [0.3, 0.4) is 0 Å². The largest absolute Gasteiger partial charge is 0.389 e. The zero-order chi connectivity index (χ0) is 33.5. The molecule has 0 unspecified atom stereocenters. The number of carbonyl (C=O) groups excluding carboxylic acids is 3. The molecule has 0 saturated heterocycles. The second-order valence-corrected chi connectivity index (χ2v) is 13.5. The number of nitrogens with zero attached hydrogens (tertiary/aromatic N) is 3. The predicted molar refractivity (Wildman–Crippen MR) is 181 cm³/mol. The summed E-state index contributed by atoms with van der Waals surface area (Å²) in [6, 6.07) is 7.74. The summed E-state index contributed by atoms with van der Waals surface area (Å²) in [6.45, 7) is 1.22. The van der Waals surface area contributed by atoms with Crippen LogP contribution in [0.5, 0.6) is 0 Å². The number of likely N-dealkylation sites (N-methyl/N-ethyl adjacent to an activating group) is 2. The second kappa shape index (κ2) is 19.4. The van der Waals surface area contributed by atoms with Gasteiger partial charge in [0.1, 0.15) is 12.1 Å². The molecule has 1 fully saturated rings. The Kier molecular flexibility index (Phi) is 15.7. The van der Waals surface area contributed by atoms with Crippen LogP contribution >= 0.6 is 11.3 Å². The lowest BCUT2D eigenvalue weighted by atomic mass is 9.82. The number of nitrogens with one attached hydrogen (secondary N) is 2. The maximum Gasteiger partial charge on any atom is 0.243 e. The SMILES string of the molecule is C#CC[C@@H](O)[C@@H](O)[C@H](CC1CCCCC1)NC(=O)[C@@H](Cc1cscn1)NC(=O)[C@H](CC(=O)N(C)CCN(C)C)Cc1ccccc1. The van der Waals surface area contributed by atoms with Gasteiger partial charge in [-0.25, -0.2) is 4.98 Å². The average molecular weight is 654 g/mol. The van der Waals surface area contributed by atoms with Crippen molar-refractivity contribution in [3.8, 4) is 12.3 Å². The zero-order valence-corrected chi connectivity index (χ0v) is 28.3. The number of aliphatic hydroxyl groups is 2. The van der Waals surface area contributed by atoms with Crippen molar-refractivity contribution < 1.29 is 24.6 Å². The van der Waals surface area contributed by atoms with E-state index < -0.39 is 42.0 Å². The molecule has 2 aromatic rings. The first kappa shape index (κ1) is 37.2. The number of hydrogen-bond acceptors (Lipinski definition) is 8. The highest BCUT2D eigenvalue weighted by atomic mass is 32.1. The molecule has 1 aliphatic rings. The van der Waals surface area contributed by atoms with Gasteiger partial charge in [0, 0.05) is 44.8 Å². The van der Waals surface area contributed by atoms with E-state index in [-0.39, 0.29) is 25.2 Å². The highest BCUT2D eigenvalue weighted by molar-refractivity contribution is 7.07. The summed E-state index contributed by atoms with van der Waals surface area (Å²) in [5.74, 6) is 0.912. The van der Waals surface area contributed by atoms with Gasteiger partial charge in [0.15, 0.2) is 0 Å². The number of hydrogen-bond donors (Lipinski definition) is 4. The Balaban J connectivity index is 1.82. The van der Waals surface area contributed by atoms with Crippen molar-refractivity contribution in [2.24, 2.45) is 11.8 Å².